The molecule has 106 valence electrons. The zero-order chi connectivity index (χ0) is 14.2. The highest BCUT2D eigenvalue weighted by Crippen LogP contribution is 2.26. The van der Waals surface area contributed by atoms with Gasteiger partial charge in [-0.3, -0.25) is 0 Å². The molecule has 1 saturated heterocycles. The van der Waals surface area contributed by atoms with Gasteiger partial charge in [0.2, 0.25) is 10.0 Å². The van der Waals surface area contributed by atoms with Crippen LogP contribution in [-0.2, 0) is 17.1 Å². The number of aliphatic hydroxyl groups excluding tert-OH is 1. The van der Waals surface area contributed by atoms with E-state index in [1.165, 1.54) is 22.1 Å². The molecule has 8 heteroatoms. The van der Waals surface area contributed by atoms with Crippen LogP contribution >= 0.6 is 0 Å². The maximum atomic E-state index is 12.4. The summed E-state index contributed by atoms with van der Waals surface area (Å²) >= 11 is 0. The average Bonchev–Trinajstić information content (AvgIpc) is 2.94. The van der Waals surface area contributed by atoms with Gasteiger partial charge in [-0.2, -0.15) is 4.31 Å². The molecule has 1 aliphatic heterocycles. The molecule has 1 aliphatic rings. The van der Waals surface area contributed by atoms with E-state index in [1.54, 1.807) is 0 Å². The Hall–Kier alpha value is -1.38. The van der Waals surface area contributed by atoms with Crippen LogP contribution in [0.4, 0.5) is 0 Å². The van der Waals surface area contributed by atoms with Crippen LogP contribution in [0, 0.1) is 0 Å². The van der Waals surface area contributed by atoms with E-state index in [4.69, 9.17) is 5.11 Å². The monoisotopic (exact) mass is 288 g/mol. The Morgan fingerprint density at radius 1 is 1.53 bits per heavy atom. The van der Waals surface area contributed by atoms with E-state index in [0.29, 0.717) is 19.4 Å². The Labute approximate surface area is 111 Å². The molecule has 1 fully saturated rings. The van der Waals surface area contributed by atoms with Crippen LogP contribution in [0.3, 0.4) is 0 Å². The van der Waals surface area contributed by atoms with Gasteiger partial charge in [-0.15, -0.1) is 0 Å². The molecule has 0 radical (unpaired) electrons. The molecule has 7 nitrogen and oxygen atoms in total. The van der Waals surface area contributed by atoms with Crippen molar-refractivity contribution in [1.82, 2.24) is 8.87 Å². The predicted molar refractivity (Wildman–Crippen MR) is 66.4 cm³/mol. The van der Waals surface area contributed by atoms with Crippen molar-refractivity contribution < 1.29 is 23.4 Å². The van der Waals surface area contributed by atoms with Crippen molar-refractivity contribution >= 4 is 16.0 Å². The molecule has 1 aromatic heterocycles. The van der Waals surface area contributed by atoms with Crippen molar-refractivity contribution in [3.63, 3.8) is 0 Å². The molecule has 19 heavy (non-hydrogen) atoms. The average molecular weight is 288 g/mol. The first-order chi connectivity index (χ1) is 8.87. The molecule has 2 heterocycles. The summed E-state index contributed by atoms with van der Waals surface area (Å²) in [7, 11) is -2.26. The van der Waals surface area contributed by atoms with E-state index in [2.05, 4.69) is 0 Å². The molecular weight excluding hydrogens is 272 g/mol. The molecule has 1 aromatic rings. The highest BCUT2D eigenvalue weighted by atomic mass is 32.2. The quantitative estimate of drug-likeness (QED) is 0.804. The Balaban J connectivity index is 2.40. The number of carboxylic acid groups (broad SMARTS) is 1. The lowest BCUT2D eigenvalue weighted by atomic mass is 10.2. The number of carboxylic acids is 1. The lowest BCUT2D eigenvalue weighted by Gasteiger charge is -2.21. The highest BCUT2D eigenvalue weighted by molar-refractivity contribution is 7.89. The fraction of sp³-hybridized carbons (Fsp3) is 0.545. The first kappa shape index (κ1) is 14.0. The maximum absolute atomic E-state index is 12.4. The Morgan fingerprint density at radius 3 is 2.74 bits per heavy atom. The van der Waals surface area contributed by atoms with Gasteiger partial charge in [0.05, 0.1) is 6.61 Å². The maximum Gasteiger partial charge on any atom is 0.352 e. The lowest BCUT2D eigenvalue weighted by Crippen LogP contribution is -2.37. The van der Waals surface area contributed by atoms with Crippen molar-refractivity contribution in [2.75, 3.05) is 13.2 Å². The summed E-state index contributed by atoms with van der Waals surface area (Å²) in [6, 6.07) is 0.725. The minimum atomic E-state index is -3.75. The summed E-state index contributed by atoms with van der Waals surface area (Å²) in [4.78, 5) is 10.9. The van der Waals surface area contributed by atoms with Gasteiger partial charge in [-0.05, 0) is 18.9 Å². The lowest BCUT2D eigenvalue weighted by molar-refractivity contribution is 0.0686. The Bertz CT molecular complexity index is 592. The van der Waals surface area contributed by atoms with Gasteiger partial charge in [0, 0.05) is 25.8 Å². The van der Waals surface area contributed by atoms with Crippen LogP contribution in [0.1, 0.15) is 23.3 Å². The summed E-state index contributed by atoms with van der Waals surface area (Å²) in [6.07, 6.45) is 2.60. The van der Waals surface area contributed by atoms with Crippen molar-refractivity contribution in [3.8, 4) is 0 Å². The third-order valence-electron chi connectivity index (χ3n) is 3.34. The molecule has 0 aromatic carbocycles. The Morgan fingerprint density at radius 2 is 2.21 bits per heavy atom. The number of nitrogens with zero attached hydrogens (tertiary/aromatic N) is 2. The molecule has 2 N–H and O–H groups in total. The van der Waals surface area contributed by atoms with E-state index in [0.717, 1.165) is 6.07 Å². The van der Waals surface area contributed by atoms with Gasteiger partial charge < -0.3 is 14.8 Å². The van der Waals surface area contributed by atoms with Gasteiger partial charge in [0.15, 0.2) is 0 Å². The van der Waals surface area contributed by atoms with Crippen molar-refractivity contribution in [3.05, 3.63) is 18.0 Å². The zero-order valence-corrected chi connectivity index (χ0v) is 11.3. The molecular formula is C11H16N2O5S. The third kappa shape index (κ3) is 2.38. The smallest absolute Gasteiger partial charge is 0.352 e. The first-order valence-corrected chi connectivity index (χ1v) is 7.34. The molecule has 0 saturated carbocycles. The molecule has 1 unspecified atom stereocenters. The van der Waals surface area contributed by atoms with Crippen molar-refractivity contribution in [2.45, 2.75) is 23.8 Å². The molecule has 0 bridgehead atoms. The summed E-state index contributed by atoms with van der Waals surface area (Å²) < 4.78 is 27.3. The normalized spacial score (nSPS) is 20.8. The SMILES string of the molecule is Cn1cc(S(=O)(=O)N2CCCC2CO)cc1C(=O)O. The van der Waals surface area contributed by atoms with Gasteiger partial charge in [-0.1, -0.05) is 0 Å². The van der Waals surface area contributed by atoms with Crippen LogP contribution in [0.5, 0.6) is 0 Å². The third-order valence-corrected chi connectivity index (χ3v) is 5.26. The minimum absolute atomic E-state index is 0.0484. The van der Waals surface area contributed by atoms with E-state index >= 15 is 0 Å². The molecule has 0 amide bonds. The van der Waals surface area contributed by atoms with E-state index in [1.807, 2.05) is 0 Å². The van der Waals surface area contributed by atoms with Gasteiger partial charge in [0.1, 0.15) is 10.6 Å². The fourth-order valence-corrected chi connectivity index (χ4v) is 4.09. The second-order valence-corrected chi connectivity index (χ2v) is 6.46. The number of aromatic carboxylic acids is 1. The number of aliphatic hydroxyl groups is 1. The predicted octanol–water partition coefficient (Wildman–Crippen LogP) is -0.131. The number of aryl methyl sites for hydroxylation is 1. The first-order valence-electron chi connectivity index (χ1n) is 5.90. The van der Waals surface area contributed by atoms with Gasteiger partial charge >= 0.3 is 5.97 Å². The number of hydrogen-bond donors (Lipinski definition) is 2. The fourth-order valence-electron chi connectivity index (χ4n) is 2.33. The molecule has 1 atom stereocenters. The van der Waals surface area contributed by atoms with Crippen LogP contribution in [0.15, 0.2) is 17.2 Å². The number of carbonyl (C=O) groups is 1. The summed E-state index contributed by atoms with van der Waals surface area (Å²) in [5.41, 5.74) is -0.0849. The largest absolute Gasteiger partial charge is 0.477 e. The topological polar surface area (TPSA) is 99.8 Å². The summed E-state index contributed by atoms with van der Waals surface area (Å²) in [5, 5.41) is 18.1. The van der Waals surface area contributed by atoms with Crippen molar-refractivity contribution in [2.24, 2.45) is 7.05 Å². The second kappa shape index (κ2) is 4.95. The van der Waals surface area contributed by atoms with Crippen LogP contribution in [-0.4, -0.2) is 52.7 Å². The minimum Gasteiger partial charge on any atom is -0.477 e. The van der Waals surface area contributed by atoms with Crippen LogP contribution in [0.2, 0.25) is 0 Å². The van der Waals surface area contributed by atoms with E-state index < -0.39 is 22.0 Å². The standard InChI is InChI=1S/C11H16N2O5S/c1-12-6-9(5-10(12)11(15)16)19(17,18)13-4-2-3-8(13)7-14/h5-6,8,14H,2-4,7H2,1H3,(H,15,16). The molecule has 0 aliphatic carbocycles. The molecule has 0 spiro atoms. The van der Waals surface area contributed by atoms with E-state index in [-0.39, 0.29) is 17.2 Å². The Kier molecular flexibility index (Phi) is 3.66. The number of rotatable bonds is 4. The van der Waals surface area contributed by atoms with E-state index in [9.17, 15) is 18.3 Å². The molecule has 2 rings (SSSR count). The second-order valence-electron chi connectivity index (χ2n) is 4.57. The van der Waals surface area contributed by atoms with Crippen LogP contribution in [0.25, 0.3) is 0 Å². The summed E-state index contributed by atoms with van der Waals surface area (Å²) in [6.45, 7) is 0.128. The zero-order valence-electron chi connectivity index (χ0n) is 10.5. The number of sulfonamides is 1. The number of hydrogen-bond acceptors (Lipinski definition) is 4. The van der Waals surface area contributed by atoms with Gasteiger partial charge in [-0.25, -0.2) is 13.2 Å². The number of aromatic nitrogens is 1. The highest BCUT2D eigenvalue weighted by Gasteiger charge is 2.35. The van der Waals surface area contributed by atoms with Crippen molar-refractivity contribution in [1.29, 1.82) is 0 Å². The van der Waals surface area contributed by atoms with Gasteiger partial charge in [0.25, 0.3) is 0 Å². The van der Waals surface area contributed by atoms with Crippen LogP contribution < -0.4 is 0 Å². The summed E-state index contributed by atoms with van der Waals surface area (Å²) in [5.74, 6) is -1.18.